The van der Waals surface area contributed by atoms with Crippen LogP contribution in [0.25, 0.3) is 0 Å². The Bertz CT molecular complexity index is 813. The maximum atomic E-state index is 12.3. The number of rotatable bonds is 3. The molecule has 1 heterocycles. The van der Waals surface area contributed by atoms with Crippen LogP contribution < -0.4 is 9.47 Å². The van der Waals surface area contributed by atoms with Crippen molar-refractivity contribution in [1.82, 2.24) is 0 Å². The Morgan fingerprint density at radius 3 is 2.92 bits per heavy atom. The molecule has 0 saturated carbocycles. The van der Waals surface area contributed by atoms with Crippen molar-refractivity contribution in [1.29, 1.82) is 5.26 Å². The van der Waals surface area contributed by atoms with Gasteiger partial charge in [-0.1, -0.05) is 23.7 Å². The summed E-state index contributed by atoms with van der Waals surface area (Å²) in [4.78, 5) is 12.3. The number of hydrogen-bond donors (Lipinski definition) is 0. The fraction of sp³-hybridized carbons (Fsp3) is 0.222. The molecule has 122 valence electrons. The van der Waals surface area contributed by atoms with Crippen molar-refractivity contribution in [2.45, 2.75) is 13.0 Å². The van der Waals surface area contributed by atoms with Crippen LogP contribution in [0, 0.1) is 11.3 Å². The van der Waals surface area contributed by atoms with E-state index in [9.17, 15) is 4.79 Å². The van der Waals surface area contributed by atoms with Gasteiger partial charge in [-0.05, 0) is 29.8 Å². The predicted octanol–water partition coefficient (Wildman–Crippen LogP) is 3.73. The topological polar surface area (TPSA) is 68.5 Å². The molecule has 0 bridgehead atoms. The first-order valence-electron chi connectivity index (χ1n) is 7.42. The van der Waals surface area contributed by atoms with E-state index in [0.717, 1.165) is 12.0 Å². The summed E-state index contributed by atoms with van der Waals surface area (Å²) < 4.78 is 16.4. The molecule has 0 aliphatic carbocycles. The molecule has 1 aliphatic rings. The zero-order valence-electron chi connectivity index (χ0n) is 12.8. The summed E-state index contributed by atoms with van der Waals surface area (Å²) in [7, 11) is 0. The molecule has 0 radical (unpaired) electrons. The molecule has 1 aliphatic heterocycles. The minimum absolute atomic E-state index is 0.0699. The molecule has 2 aromatic rings. The number of ether oxygens (including phenoxy) is 3. The quantitative estimate of drug-likeness (QED) is 0.794. The third kappa shape index (κ3) is 3.61. The van der Waals surface area contributed by atoms with E-state index < -0.39 is 5.97 Å². The highest BCUT2D eigenvalue weighted by atomic mass is 35.5. The Hall–Kier alpha value is -2.71. The van der Waals surface area contributed by atoms with Gasteiger partial charge in [0.15, 0.2) is 11.5 Å². The van der Waals surface area contributed by atoms with E-state index >= 15 is 0 Å². The van der Waals surface area contributed by atoms with E-state index in [1.807, 2.05) is 6.07 Å². The van der Waals surface area contributed by atoms with Gasteiger partial charge in [-0.15, -0.1) is 0 Å². The van der Waals surface area contributed by atoms with Gasteiger partial charge in [-0.25, -0.2) is 4.79 Å². The van der Waals surface area contributed by atoms with Gasteiger partial charge in [-0.2, -0.15) is 5.26 Å². The third-order valence-electron chi connectivity index (χ3n) is 3.46. The highest BCUT2D eigenvalue weighted by Gasteiger charge is 2.19. The molecule has 0 N–H and O–H groups in total. The lowest BCUT2D eigenvalue weighted by molar-refractivity contribution is 0.0472. The molecule has 3 rings (SSSR count). The third-order valence-corrected chi connectivity index (χ3v) is 3.74. The van der Waals surface area contributed by atoms with Gasteiger partial charge in [-0.3, -0.25) is 0 Å². The Balaban J connectivity index is 1.74. The summed E-state index contributed by atoms with van der Waals surface area (Å²) in [5.41, 5.74) is 1.55. The molecule has 0 unspecified atom stereocenters. The van der Waals surface area contributed by atoms with Gasteiger partial charge in [0.05, 0.1) is 35.4 Å². The minimum Gasteiger partial charge on any atom is -0.489 e. The minimum atomic E-state index is -0.519. The number of esters is 1. The van der Waals surface area contributed by atoms with Gasteiger partial charge >= 0.3 is 5.97 Å². The van der Waals surface area contributed by atoms with Crippen molar-refractivity contribution in [3.63, 3.8) is 0 Å². The normalized spacial score (nSPS) is 12.8. The van der Waals surface area contributed by atoms with Crippen LogP contribution in [0.15, 0.2) is 36.4 Å². The maximum Gasteiger partial charge on any atom is 0.338 e. The van der Waals surface area contributed by atoms with Crippen LogP contribution in [0.1, 0.15) is 27.9 Å². The Kier molecular flexibility index (Phi) is 4.88. The van der Waals surface area contributed by atoms with Crippen LogP contribution in [0.4, 0.5) is 0 Å². The maximum absolute atomic E-state index is 12.3. The molecule has 0 aromatic heterocycles. The summed E-state index contributed by atoms with van der Waals surface area (Å²) in [6.07, 6.45) is 0.750. The second-order valence-electron chi connectivity index (χ2n) is 5.22. The molecule has 2 aromatic carbocycles. The standard InChI is InChI=1S/C18H14ClNO4/c19-15-8-14(9-16-17(15)23-6-2-5-22-16)18(21)24-11-13-4-1-3-12(7-13)10-20/h1,3-4,7-9H,2,5-6,11H2. The number of nitrogens with zero attached hydrogens (tertiary/aromatic N) is 1. The summed E-state index contributed by atoms with van der Waals surface area (Å²) in [5, 5.41) is 9.20. The van der Waals surface area contributed by atoms with Gasteiger partial charge in [0.25, 0.3) is 0 Å². The smallest absolute Gasteiger partial charge is 0.338 e. The number of fused-ring (bicyclic) bond motifs is 1. The average Bonchev–Trinajstić information content (AvgIpc) is 2.85. The van der Waals surface area contributed by atoms with Crippen molar-refractivity contribution >= 4 is 17.6 Å². The van der Waals surface area contributed by atoms with Crippen molar-refractivity contribution in [2.24, 2.45) is 0 Å². The van der Waals surface area contributed by atoms with Gasteiger partial charge in [0, 0.05) is 6.42 Å². The summed E-state index contributed by atoms with van der Waals surface area (Å²) in [5.74, 6) is 0.376. The zero-order chi connectivity index (χ0) is 16.9. The largest absolute Gasteiger partial charge is 0.489 e. The lowest BCUT2D eigenvalue weighted by atomic mass is 10.1. The van der Waals surface area contributed by atoms with Crippen LogP contribution in [-0.4, -0.2) is 19.2 Å². The fourth-order valence-electron chi connectivity index (χ4n) is 2.31. The molecule has 0 atom stereocenters. The van der Waals surface area contributed by atoms with Crippen LogP contribution in [0.5, 0.6) is 11.5 Å². The number of benzene rings is 2. The first kappa shape index (κ1) is 16.2. The highest BCUT2D eigenvalue weighted by molar-refractivity contribution is 6.32. The number of hydrogen-bond acceptors (Lipinski definition) is 5. The van der Waals surface area contributed by atoms with Crippen LogP contribution in [0.2, 0.25) is 5.02 Å². The van der Waals surface area contributed by atoms with E-state index in [4.69, 9.17) is 31.1 Å². The lowest BCUT2D eigenvalue weighted by Crippen LogP contribution is -2.06. The molecule has 6 heteroatoms. The molecule has 0 fully saturated rings. The van der Waals surface area contributed by atoms with Crippen molar-refractivity contribution in [2.75, 3.05) is 13.2 Å². The number of halogens is 1. The monoisotopic (exact) mass is 343 g/mol. The molecule has 0 spiro atoms. The lowest BCUT2D eigenvalue weighted by Gasteiger charge is -2.11. The van der Waals surface area contributed by atoms with Crippen molar-refractivity contribution in [3.8, 4) is 17.6 Å². The molecular weight excluding hydrogens is 330 g/mol. The van der Waals surface area contributed by atoms with E-state index in [1.165, 1.54) is 6.07 Å². The number of nitriles is 1. The highest BCUT2D eigenvalue weighted by Crippen LogP contribution is 2.38. The van der Waals surface area contributed by atoms with E-state index in [-0.39, 0.29) is 6.61 Å². The van der Waals surface area contributed by atoms with Gasteiger partial charge in [0.1, 0.15) is 6.61 Å². The second kappa shape index (κ2) is 7.24. The molecule has 24 heavy (non-hydrogen) atoms. The molecule has 5 nitrogen and oxygen atoms in total. The molecule has 0 amide bonds. The van der Waals surface area contributed by atoms with Crippen LogP contribution >= 0.6 is 11.6 Å². The predicted molar refractivity (Wildman–Crippen MR) is 87.3 cm³/mol. The van der Waals surface area contributed by atoms with Gasteiger partial charge in [0.2, 0.25) is 0 Å². The van der Waals surface area contributed by atoms with E-state index in [2.05, 4.69) is 0 Å². The summed E-state index contributed by atoms with van der Waals surface area (Å²) >= 11 is 6.17. The zero-order valence-corrected chi connectivity index (χ0v) is 13.5. The first-order valence-corrected chi connectivity index (χ1v) is 7.80. The van der Waals surface area contributed by atoms with Crippen LogP contribution in [-0.2, 0) is 11.3 Å². The SMILES string of the molecule is N#Cc1cccc(COC(=O)c2cc(Cl)c3c(c2)OCCCO3)c1. The molecular formula is C18H14ClNO4. The van der Waals surface area contributed by atoms with Crippen molar-refractivity contribution in [3.05, 3.63) is 58.1 Å². The Morgan fingerprint density at radius 1 is 1.25 bits per heavy atom. The summed E-state index contributed by atoms with van der Waals surface area (Å²) in [6, 6.07) is 12.0. The number of carbonyl (C=O) groups is 1. The summed E-state index contributed by atoms with van der Waals surface area (Å²) in [6.45, 7) is 1.09. The average molecular weight is 344 g/mol. The second-order valence-corrected chi connectivity index (χ2v) is 5.63. The molecule has 0 saturated heterocycles. The van der Waals surface area contributed by atoms with Gasteiger partial charge < -0.3 is 14.2 Å². The van der Waals surface area contributed by atoms with Crippen LogP contribution in [0.3, 0.4) is 0 Å². The Morgan fingerprint density at radius 2 is 2.08 bits per heavy atom. The number of carbonyl (C=O) groups excluding carboxylic acids is 1. The first-order chi connectivity index (χ1) is 11.7. The van der Waals surface area contributed by atoms with E-state index in [0.29, 0.717) is 40.9 Å². The Labute approximate surface area is 144 Å². The fourth-order valence-corrected chi connectivity index (χ4v) is 2.58. The van der Waals surface area contributed by atoms with Crippen molar-refractivity contribution < 1.29 is 19.0 Å². The van der Waals surface area contributed by atoms with E-state index in [1.54, 1.807) is 30.3 Å².